The molecule has 1 heterocycles. The van der Waals surface area contributed by atoms with E-state index in [-0.39, 0.29) is 12.5 Å². The highest BCUT2D eigenvalue weighted by atomic mass is 16.3. The van der Waals surface area contributed by atoms with Crippen molar-refractivity contribution >= 4 is 0 Å². The Bertz CT molecular complexity index is 114. The first-order valence-electron chi connectivity index (χ1n) is 3.68. The average Bonchev–Trinajstić information content (AvgIpc) is 1.86. The first-order chi connectivity index (χ1) is 4.64. The average molecular weight is 145 g/mol. The summed E-state index contributed by atoms with van der Waals surface area (Å²) < 4.78 is 0. The molecule has 0 aromatic rings. The maximum absolute atomic E-state index is 9.50. The highest BCUT2D eigenvalue weighted by Gasteiger charge is 2.28. The molecule has 0 aliphatic carbocycles. The van der Waals surface area contributed by atoms with Gasteiger partial charge >= 0.3 is 0 Å². The van der Waals surface area contributed by atoms with E-state index in [4.69, 9.17) is 5.11 Å². The summed E-state index contributed by atoms with van der Waals surface area (Å²) >= 11 is 0. The van der Waals surface area contributed by atoms with E-state index in [0.717, 1.165) is 6.54 Å². The van der Waals surface area contributed by atoms with Gasteiger partial charge in [0.15, 0.2) is 0 Å². The van der Waals surface area contributed by atoms with Crippen molar-refractivity contribution in [3.05, 3.63) is 0 Å². The molecule has 1 fully saturated rings. The predicted molar refractivity (Wildman–Crippen MR) is 38.7 cm³/mol. The van der Waals surface area contributed by atoms with Gasteiger partial charge in [-0.25, -0.2) is 0 Å². The van der Waals surface area contributed by atoms with Gasteiger partial charge in [0.25, 0.3) is 0 Å². The monoisotopic (exact) mass is 145 g/mol. The Hall–Kier alpha value is -0.120. The van der Waals surface area contributed by atoms with Crippen LogP contribution < -0.4 is 5.32 Å². The maximum Gasteiger partial charge on any atom is 0.0747 e. The molecule has 3 N–H and O–H groups in total. The van der Waals surface area contributed by atoms with E-state index in [1.807, 2.05) is 0 Å². The van der Waals surface area contributed by atoms with Crippen molar-refractivity contribution in [3.8, 4) is 0 Å². The molecule has 0 spiro atoms. The summed E-state index contributed by atoms with van der Waals surface area (Å²) in [4.78, 5) is 0. The van der Waals surface area contributed by atoms with Crippen LogP contribution in [0.5, 0.6) is 0 Å². The zero-order valence-corrected chi connectivity index (χ0v) is 6.30. The largest absolute Gasteiger partial charge is 0.396 e. The Morgan fingerprint density at radius 2 is 2.40 bits per heavy atom. The number of hydrogen-bond acceptors (Lipinski definition) is 3. The molecule has 0 saturated carbocycles. The summed E-state index contributed by atoms with van der Waals surface area (Å²) in [5.74, 6) is 0.226. The highest BCUT2D eigenvalue weighted by Crippen LogP contribution is 2.18. The minimum atomic E-state index is -0.619. The van der Waals surface area contributed by atoms with Crippen LogP contribution in [0.2, 0.25) is 0 Å². The van der Waals surface area contributed by atoms with Gasteiger partial charge in [-0.1, -0.05) is 0 Å². The summed E-state index contributed by atoms with van der Waals surface area (Å²) in [5.41, 5.74) is -0.619. The Balaban J connectivity index is 2.40. The molecule has 10 heavy (non-hydrogen) atoms. The molecule has 3 nitrogen and oxygen atoms in total. The molecule has 1 aliphatic rings. The van der Waals surface area contributed by atoms with Gasteiger partial charge in [-0.3, -0.25) is 0 Å². The molecule has 0 amide bonds. The molecule has 0 aromatic heterocycles. The smallest absolute Gasteiger partial charge is 0.0747 e. The van der Waals surface area contributed by atoms with Gasteiger partial charge in [-0.2, -0.15) is 0 Å². The van der Waals surface area contributed by atoms with Crippen LogP contribution in [0.25, 0.3) is 0 Å². The fraction of sp³-hybridized carbons (Fsp3) is 1.00. The lowest BCUT2D eigenvalue weighted by molar-refractivity contribution is 0.00227. The summed E-state index contributed by atoms with van der Waals surface area (Å²) in [5, 5.41) is 21.3. The van der Waals surface area contributed by atoms with Crippen LogP contribution in [-0.2, 0) is 0 Å². The van der Waals surface area contributed by atoms with Gasteiger partial charge in [-0.15, -0.1) is 0 Å². The molecular formula is C7H15NO2. The molecule has 0 bridgehead atoms. The van der Waals surface area contributed by atoms with E-state index in [2.05, 4.69) is 5.32 Å². The fourth-order valence-corrected chi connectivity index (χ4v) is 1.44. The number of aliphatic hydroxyl groups excluding tert-OH is 1. The summed E-state index contributed by atoms with van der Waals surface area (Å²) in [7, 11) is 0. The number of nitrogens with one attached hydrogen (secondary N) is 1. The van der Waals surface area contributed by atoms with Gasteiger partial charge in [0.05, 0.1) is 5.60 Å². The Morgan fingerprint density at radius 1 is 1.70 bits per heavy atom. The van der Waals surface area contributed by atoms with Crippen LogP contribution in [-0.4, -0.2) is 35.5 Å². The molecule has 1 aliphatic heterocycles. The van der Waals surface area contributed by atoms with Crippen LogP contribution >= 0.6 is 0 Å². The molecule has 0 radical (unpaired) electrons. The lowest BCUT2D eigenvalue weighted by Gasteiger charge is -2.33. The van der Waals surface area contributed by atoms with Crippen LogP contribution in [0.3, 0.4) is 0 Å². The lowest BCUT2D eigenvalue weighted by Crippen LogP contribution is -2.48. The number of hydrogen-bond donors (Lipinski definition) is 3. The van der Waals surface area contributed by atoms with Crippen LogP contribution in [0, 0.1) is 5.92 Å². The highest BCUT2D eigenvalue weighted by molar-refractivity contribution is 4.84. The zero-order valence-electron chi connectivity index (χ0n) is 6.30. The molecule has 60 valence electrons. The molecule has 2 unspecified atom stereocenters. The second-order valence-electron chi connectivity index (χ2n) is 3.38. The fourth-order valence-electron chi connectivity index (χ4n) is 1.44. The molecule has 1 saturated heterocycles. The Morgan fingerprint density at radius 3 is 2.80 bits per heavy atom. The summed E-state index contributed by atoms with van der Waals surface area (Å²) in [6.07, 6.45) is 0.705. The van der Waals surface area contributed by atoms with Crippen LogP contribution in [0.1, 0.15) is 13.3 Å². The third-order valence-electron chi connectivity index (χ3n) is 1.93. The van der Waals surface area contributed by atoms with E-state index < -0.39 is 5.60 Å². The van der Waals surface area contributed by atoms with Gasteiger partial charge in [0.1, 0.15) is 0 Å². The third kappa shape index (κ3) is 1.94. The van der Waals surface area contributed by atoms with E-state index in [1.165, 1.54) is 0 Å². The quantitative estimate of drug-likeness (QED) is 0.459. The maximum atomic E-state index is 9.50. The van der Waals surface area contributed by atoms with Gasteiger partial charge in [-0.05, 0) is 19.3 Å². The Labute approximate surface area is 61.1 Å². The van der Waals surface area contributed by atoms with Crippen LogP contribution in [0.15, 0.2) is 0 Å². The van der Waals surface area contributed by atoms with Crippen molar-refractivity contribution < 1.29 is 10.2 Å². The zero-order chi connectivity index (χ0) is 7.61. The summed E-state index contributed by atoms with van der Waals surface area (Å²) in [6.45, 7) is 3.43. The number of rotatable bonds is 1. The van der Waals surface area contributed by atoms with Crippen molar-refractivity contribution in [2.75, 3.05) is 19.7 Å². The second kappa shape index (κ2) is 2.86. The third-order valence-corrected chi connectivity index (χ3v) is 1.93. The van der Waals surface area contributed by atoms with E-state index in [9.17, 15) is 5.11 Å². The lowest BCUT2D eigenvalue weighted by atomic mass is 9.89. The second-order valence-corrected chi connectivity index (χ2v) is 3.38. The van der Waals surface area contributed by atoms with E-state index >= 15 is 0 Å². The number of aliphatic hydroxyl groups is 2. The summed E-state index contributed by atoms with van der Waals surface area (Å²) in [6, 6.07) is 0. The first-order valence-corrected chi connectivity index (χ1v) is 3.68. The van der Waals surface area contributed by atoms with Crippen molar-refractivity contribution in [1.82, 2.24) is 5.32 Å². The molecule has 3 heteroatoms. The standard InChI is InChI=1S/C7H15NO2/c1-7(10)2-6(4-9)3-8-5-7/h6,8-10H,2-5H2,1H3. The minimum Gasteiger partial charge on any atom is -0.396 e. The predicted octanol–water partition coefficient (Wildman–Crippen LogP) is -0.661. The minimum absolute atomic E-state index is 0.170. The van der Waals surface area contributed by atoms with E-state index in [0.29, 0.717) is 13.0 Å². The number of β-amino-alcohol motifs (C(OH)–C–C–N with tert-alkyl or cyclic N) is 1. The van der Waals surface area contributed by atoms with Gasteiger partial charge in [0.2, 0.25) is 0 Å². The SMILES string of the molecule is CC1(O)CNCC(CO)C1. The van der Waals surface area contributed by atoms with Crippen molar-refractivity contribution in [2.45, 2.75) is 18.9 Å². The topological polar surface area (TPSA) is 52.5 Å². The molecule has 2 atom stereocenters. The molecule has 1 rings (SSSR count). The van der Waals surface area contributed by atoms with Crippen molar-refractivity contribution in [1.29, 1.82) is 0 Å². The molecule has 0 aromatic carbocycles. The first kappa shape index (κ1) is 7.98. The van der Waals surface area contributed by atoms with Gasteiger partial charge < -0.3 is 15.5 Å². The Kier molecular flexibility index (Phi) is 2.28. The molecular weight excluding hydrogens is 130 g/mol. The van der Waals surface area contributed by atoms with Crippen molar-refractivity contribution in [2.24, 2.45) is 5.92 Å². The number of piperidine rings is 1. The van der Waals surface area contributed by atoms with E-state index in [1.54, 1.807) is 6.92 Å². The van der Waals surface area contributed by atoms with Crippen LogP contribution in [0.4, 0.5) is 0 Å². The van der Waals surface area contributed by atoms with Crippen molar-refractivity contribution in [3.63, 3.8) is 0 Å². The normalized spacial score (nSPS) is 41.7. The van der Waals surface area contributed by atoms with Gasteiger partial charge in [0, 0.05) is 19.7 Å².